The van der Waals surface area contributed by atoms with Crippen molar-refractivity contribution in [2.75, 3.05) is 20.3 Å². The molecule has 0 aromatic rings. The third kappa shape index (κ3) is 10.6. The van der Waals surface area contributed by atoms with Crippen molar-refractivity contribution < 1.29 is 9.47 Å². The number of allylic oxidation sites excluding steroid dienone is 1. The Bertz CT molecular complexity index is 277. The molecule has 0 aromatic carbocycles. The van der Waals surface area contributed by atoms with Gasteiger partial charge in [0.15, 0.2) is 6.29 Å². The summed E-state index contributed by atoms with van der Waals surface area (Å²) in [6.45, 7) is 10.8. The Morgan fingerprint density at radius 1 is 1.16 bits per heavy atom. The summed E-state index contributed by atoms with van der Waals surface area (Å²) in [5, 5.41) is 2.84. The van der Waals surface area contributed by atoms with E-state index in [0.29, 0.717) is 13.2 Å². The molecule has 0 rings (SSSR count). The van der Waals surface area contributed by atoms with Gasteiger partial charge in [0.1, 0.15) is 0 Å². The molecule has 0 saturated carbocycles. The number of rotatable bonds is 13. The van der Waals surface area contributed by atoms with Crippen molar-refractivity contribution in [2.45, 2.75) is 51.7 Å². The molecule has 4 nitrogen and oxygen atoms in total. The molecule has 0 bridgehead atoms. The van der Waals surface area contributed by atoms with Crippen molar-refractivity contribution in [1.29, 1.82) is 0 Å². The SMILES string of the molecule is C=C(CCCCCN=O)CCCOC(OC)C(=C)C. The maximum Gasteiger partial charge on any atom is 0.178 e. The highest BCUT2D eigenvalue weighted by atomic mass is 16.7. The molecule has 110 valence electrons. The minimum Gasteiger partial charge on any atom is -0.352 e. The molecule has 1 unspecified atom stereocenters. The van der Waals surface area contributed by atoms with Gasteiger partial charge in [0.25, 0.3) is 0 Å². The van der Waals surface area contributed by atoms with E-state index < -0.39 is 0 Å². The second kappa shape index (κ2) is 12.1. The zero-order valence-electron chi connectivity index (χ0n) is 12.3. The van der Waals surface area contributed by atoms with Gasteiger partial charge in [-0.15, -0.1) is 0 Å². The van der Waals surface area contributed by atoms with Crippen LogP contribution >= 0.6 is 0 Å². The third-order valence-corrected chi connectivity index (χ3v) is 2.84. The highest BCUT2D eigenvalue weighted by Crippen LogP contribution is 2.13. The molecule has 0 fully saturated rings. The summed E-state index contributed by atoms with van der Waals surface area (Å²) >= 11 is 0. The smallest absolute Gasteiger partial charge is 0.178 e. The van der Waals surface area contributed by atoms with E-state index in [4.69, 9.17) is 9.47 Å². The molecule has 0 aliphatic carbocycles. The maximum absolute atomic E-state index is 9.91. The molecule has 1 atom stereocenters. The molecule has 0 amide bonds. The van der Waals surface area contributed by atoms with Crippen LogP contribution < -0.4 is 0 Å². The Morgan fingerprint density at radius 3 is 2.42 bits per heavy atom. The molecule has 0 saturated heterocycles. The minimum atomic E-state index is -0.302. The zero-order valence-corrected chi connectivity index (χ0v) is 12.3. The Labute approximate surface area is 116 Å². The molecule has 0 heterocycles. The quantitative estimate of drug-likeness (QED) is 0.218. The van der Waals surface area contributed by atoms with Crippen molar-refractivity contribution in [3.05, 3.63) is 29.2 Å². The molecule has 4 heteroatoms. The van der Waals surface area contributed by atoms with Gasteiger partial charge in [0.2, 0.25) is 0 Å². The Hall–Kier alpha value is -1.00. The summed E-state index contributed by atoms with van der Waals surface area (Å²) in [6.07, 6.45) is 5.65. The number of hydrogen-bond donors (Lipinski definition) is 0. The Balaban J connectivity index is 3.47. The fraction of sp³-hybridized carbons (Fsp3) is 0.733. The normalized spacial score (nSPS) is 12.1. The van der Waals surface area contributed by atoms with Gasteiger partial charge < -0.3 is 9.47 Å². The van der Waals surface area contributed by atoms with Crippen molar-refractivity contribution >= 4 is 0 Å². The molecular weight excluding hydrogens is 242 g/mol. The van der Waals surface area contributed by atoms with Gasteiger partial charge in [-0.2, -0.15) is 4.91 Å². The van der Waals surface area contributed by atoms with Gasteiger partial charge in [0.05, 0.1) is 13.2 Å². The topological polar surface area (TPSA) is 47.9 Å². The average Bonchev–Trinajstić information content (AvgIpc) is 2.38. The fourth-order valence-electron chi connectivity index (χ4n) is 1.78. The number of methoxy groups -OCH3 is 1. The van der Waals surface area contributed by atoms with E-state index in [1.807, 2.05) is 6.92 Å². The predicted octanol–water partition coefficient (Wildman–Crippen LogP) is 4.21. The second-order valence-electron chi connectivity index (χ2n) is 4.80. The standard InChI is InChI=1S/C15H27NO3/c1-13(2)15(18-4)19-12-8-10-14(3)9-6-5-7-11-16-17/h15H,1,3,5-12H2,2,4H3. The average molecular weight is 269 g/mol. The monoisotopic (exact) mass is 269 g/mol. The van der Waals surface area contributed by atoms with Crippen LogP contribution in [0.1, 0.15) is 45.4 Å². The summed E-state index contributed by atoms with van der Waals surface area (Å²) in [6, 6.07) is 0. The van der Waals surface area contributed by atoms with E-state index in [2.05, 4.69) is 18.3 Å². The van der Waals surface area contributed by atoms with E-state index in [-0.39, 0.29) is 6.29 Å². The van der Waals surface area contributed by atoms with Crippen LogP contribution in [0.3, 0.4) is 0 Å². The largest absolute Gasteiger partial charge is 0.352 e. The minimum absolute atomic E-state index is 0.302. The van der Waals surface area contributed by atoms with Crippen molar-refractivity contribution in [3.63, 3.8) is 0 Å². The fourth-order valence-corrected chi connectivity index (χ4v) is 1.78. The molecule has 0 spiro atoms. The number of unbranched alkanes of at least 4 members (excludes halogenated alkanes) is 2. The van der Waals surface area contributed by atoms with Crippen LogP contribution in [0.25, 0.3) is 0 Å². The van der Waals surface area contributed by atoms with Gasteiger partial charge in [-0.25, -0.2) is 0 Å². The first-order valence-electron chi connectivity index (χ1n) is 6.87. The molecule has 0 N–H and O–H groups in total. The lowest BCUT2D eigenvalue weighted by Crippen LogP contribution is -2.16. The molecule has 0 aliphatic rings. The Kier molecular flexibility index (Phi) is 11.4. The first-order valence-corrected chi connectivity index (χ1v) is 6.87. The van der Waals surface area contributed by atoms with E-state index in [1.165, 1.54) is 5.57 Å². The molecular formula is C15H27NO3. The number of nitroso groups, excluding NO2 is 1. The molecule has 0 aromatic heterocycles. The van der Waals surface area contributed by atoms with Crippen LogP contribution in [-0.4, -0.2) is 26.6 Å². The van der Waals surface area contributed by atoms with E-state index in [0.717, 1.165) is 44.1 Å². The van der Waals surface area contributed by atoms with Gasteiger partial charge in [-0.1, -0.05) is 30.3 Å². The lowest BCUT2D eigenvalue weighted by molar-refractivity contribution is -0.0981. The van der Waals surface area contributed by atoms with Gasteiger partial charge in [-0.05, 0) is 44.6 Å². The number of ether oxygens (including phenoxy) is 2. The molecule has 0 aliphatic heterocycles. The van der Waals surface area contributed by atoms with Crippen molar-refractivity contribution in [2.24, 2.45) is 5.18 Å². The highest BCUT2D eigenvalue weighted by Gasteiger charge is 2.07. The van der Waals surface area contributed by atoms with Crippen molar-refractivity contribution in [3.8, 4) is 0 Å². The summed E-state index contributed by atoms with van der Waals surface area (Å²) in [7, 11) is 1.62. The maximum atomic E-state index is 9.91. The second-order valence-corrected chi connectivity index (χ2v) is 4.80. The summed E-state index contributed by atoms with van der Waals surface area (Å²) in [5.41, 5.74) is 2.12. The first-order chi connectivity index (χ1) is 9.11. The van der Waals surface area contributed by atoms with E-state index in [1.54, 1.807) is 7.11 Å². The lowest BCUT2D eigenvalue weighted by atomic mass is 10.0. The lowest BCUT2D eigenvalue weighted by Gasteiger charge is -2.16. The number of hydrogen-bond acceptors (Lipinski definition) is 4. The molecule has 19 heavy (non-hydrogen) atoms. The third-order valence-electron chi connectivity index (χ3n) is 2.84. The highest BCUT2D eigenvalue weighted by molar-refractivity contribution is 4.94. The molecule has 0 radical (unpaired) electrons. The summed E-state index contributed by atoms with van der Waals surface area (Å²) < 4.78 is 10.7. The van der Waals surface area contributed by atoms with Crippen LogP contribution in [0.2, 0.25) is 0 Å². The van der Waals surface area contributed by atoms with Gasteiger partial charge in [0, 0.05) is 7.11 Å². The van der Waals surface area contributed by atoms with E-state index in [9.17, 15) is 4.91 Å². The van der Waals surface area contributed by atoms with Crippen LogP contribution in [-0.2, 0) is 9.47 Å². The Morgan fingerprint density at radius 2 is 1.84 bits per heavy atom. The van der Waals surface area contributed by atoms with E-state index >= 15 is 0 Å². The summed E-state index contributed by atoms with van der Waals surface area (Å²) in [5.74, 6) is 0. The zero-order chi connectivity index (χ0) is 14.5. The van der Waals surface area contributed by atoms with Gasteiger partial charge in [-0.3, -0.25) is 0 Å². The number of nitrogens with zero attached hydrogens (tertiary/aromatic N) is 1. The summed E-state index contributed by atoms with van der Waals surface area (Å²) in [4.78, 5) is 9.91. The van der Waals surface area contributed by atoms with Crippen LogP contribution in [0.5, 0.6) is 0 Å². The first kappa shape index (κ1) is 18.0. The van der Waals surface area contributed by atoms with Gasteiger partial charge >= 0.3 is 0 Å². The van der Waals surface area contributed by atoms with Crippen LogP contribution in [0.4, 0.5) is 0 Å². The van der Waals surface area contributed by atoms with Crippen molar-refractivity contribution in [1.82, 2.24) is 0 Å². The van der Waals surface area contributed by atoms with Crippen LogP contribution in [0.15, 0.2) is 29.5 Å². The van der Waals surface area contributed by atoms with Crippen LogP contribution in [0, 0.1) is 4.91 Å². The predicted molar refractivity (Wildman–Crippen MR) is 79.1 cm³/mol.